The first-order valence-electron chi connectivity index (χ1n) is 3.91. The van der Waals surface area contributed by atoms with Crippen LogP contribution in [-0.4, -0.2) is 6.10 Å². The van der Waals surface area contributed by atoms with Gasteiger partial charge in [0, 0.05) is 18.1 Å². The van der Waals surface area contributed by atoms with E-state index in [1.807, 2.05) is 6.92 Å². The first-order chi connectivity index (χ1) is 5.66. The molecule has 0 aliphatic carbocycles. The van der Waals surface area contributed by atoms with E-state index in [4.69, 9.17) is 10.5 Å². The van der Waals surface area contributed by atoms with Crippen LogP contribution in [0, 0.1) is 5.82 Å². The molecule has 64 valence electrons. The third kappa shape index (κ3) is 1.02. The second kappa shape index (κ2) is 2.37. The number of halogens is 1. The topological polar surface area (TPSA) is 35.2 Å². The van der Waals surface area contributed by atoms with Gasteiger partial charge in [0.25, 0.3) is 0 Å². The molecule has 0 bridgehead atoms. The van der Waals surface area contributed by atoms with Crippen LogP contribution >= 0.6 is 0 Å². The maximum atomic E-state index is 12.8. The lowest BCUT2D eigenvalue weighted by molar-refractivity contribution is 0.256. The van der Waals surface area contributed by atoms with E-state index >= 15 is 0 Å². The molecule has 0 amide bonds. The highest BCUT2D eigenvalue weighted by Crippen LogP contribution is 2.34. The Morgan fingerprint density at radius 2 is 2.33 bits per heavy atom. The van der Waals surface area contributed by atoms with Crippen LogP contribution in [0.2, 0.25) is 0 Å². The molecule has 12 heavy (non-hydrogen) atoms. The molecule has 0 fully saturated rings. The maximum absolute atomic E-state index is 12.8. The fourth-order valence-electron chi connectivity index (χ4n) is 1.52. The highest BCUT2D eigenvalue weighted by atomic mass is 19.1. The predicted molar refractivity (Wildman–Crippen MR) is 44.6 cm³/mol. The summed E-state index contributed by atoms with van der Waals surface area (Å²) in [7, 11) is 0. The molecule has 2 N–H and O–H groups in total. The summed E-state index contributed by atoms with van der Waals surface area (Å²) in [6.07, 6.45) is 0.862. The molecule has 3 heteroatoms. The average molecular weight is 167 g/mol. The molecule has 1 aliphatic heterocycles. The molecule has 0 radical (unpaired) electrons. The Labute approximate surface area is 70.1 Å². The smallest absolute Gasteiger partial charge is 0.146 e. The second-order valence-electron chi connectivity index (χ2n) is 3.12. The highest BCUT2D eigenvalue weighted by Gasteiger charge is 2.21. The molecular weight excluding hydrogens is 157 g/mol. The van der Waals surface area contributed by atoms with Gasteiger partial charge in [0.05, 0.1) is 5.69 Å². The van der Waals surface area contributed by atoms with E-state index in [-0.39, 0.29) is 11.9 Å². The van der Waals surface area contributed by atoms with Crippen molar-refractivity contribution in [1.82, 2.24) is 0 Å². The lowest BCUT2D eigenvalue weighted by atomic mass is 10.1. The minimum absolute atomic E-state index is 0.115. The quantitative estimate of drug-likeness (QED) is 0.597. The van der Waals surface area contributed by atoms with Crippen molar-refractivity contribution >= 4 is 5.69 Å². The van der Waals surface area contributed by atoms with Gasteiger partial charge in [0.2, 0.25) is 0 Å². The molecule has 0 unspecified atom stereocenters. The summed E-state index contributed by atoms with van der Waals surface area (Å²) in [5, 5.41) is 0. The molecule has 0 saturated carbocycles. The van der Waals surface area contributed by atoms with Gasteiger partial charge in [0.15, 0.2) is 0 Å². The van der Waals surface area contributed by atoms with Crippen LogP contribution in [0.4, 0.5) is 10.1 Å². The normalized spacial score (nSPS) is 20.3. The summed E-state index contributed by atoms with van der Waals surface area (Å²) in [5.41, 5.74) is 6.84. The largest absolute Gasteiger partial charge is 0.488 e. The van der Waals surface area contributed by atoms with E-state index in [9.17, 15) is 4.39 Å². The second-order valence-corrected chi connectivity index (χ2v) is 3.12. The molecule has 0 aromatic heterocycles. The molecule has 0 saturated heterocycles. The highest BCUT2D eigenvalue weighted by molar-refractivity contribution is 5.58. The Morgan fingerprint density at radius 1 is 1.58 bits per heavy atom. The summed E-state index contributed by atoms with van der Waals surface area (Å²) in [6.45, 7) is 1.94. The van der Waals surface area contributed by atoms with Crippen LogP contribution in [0.15, 0.2) is 12.1 Å². The van der Waals surface area contributed by atoms with Gasteiger partial charge in [0.1, 0.15) is 17.7 Å². The first-order valence-corrected chi connectivity index (χ1v) is 3.91. The van der Waals surface area contributed by atoms with Gasteiger partial charge in [-0.25, -0.2) is 4.39 Å². The minimum atomic E-state index is -0.288. The maximum Gasteiger partial charge on any atom is 0.146 e. The number of rotatable bonds is 0. The van der Waals surface area contributed by atoms with E-state index in [1.54, 1.807) is 0 Å². The third-order valence-corrected chi connectivity index (χ3v) is 1.99. The molecule has 1 aliphatic rings. The van der Waals surface area contributed by atoms with Gasteiger partial charge >= 0.3 is 0 Å². The van der Waals surface area contributed by atoms with Gasteiger partial charge < -0.3 is 10.5 Å². The number of anilines is 1. The number of fused-ring (bicyclic) bond motifs is 1. The fraction of sp³-hybridized carbons (Fsp3) is 0.333. The molecule has 0 spiro atoms. The van der Waals surface area contributed by atoms with E-state index in [1.165, 1.54) is 12.1 Å². The van der Waals surface area contributed by atoms with Crippen molar-refractivity contribution in [3.63, 3.8) is 0 Å². The number of ether oxygens (including phenoxy) is 1. The zero-order valence-corrected chi connectivity index (χ0v) is 6.80. The Bertz CT molecular complexity index is 325. The average Bonchev–Trinajstić information content (AvgIpc) is 2.29. The van der Waals surface area contributed by atoms with Crippen molar-refractivity contribution in [1.29, 1.82) is 0 Å². The Kier molecular flexibility index (Phi) is 1.46. The zero-order chi connectivity index (χ0) is 8.72. The first kappa shape index (κ1) is 7.40. The molecular formula is C9H10FNO. The van der Waals surface area contributed by atoms with Crippen molar-refractivity contribution in [2.75, 3.05) is 5.73 Å². The molecule has 2 nitrogen and oxygen atoms in total. The number of hydrogen-bond acceptors (Lipinski definition) is 2. The van der Waals surface area contributed by atoms with E-state index in [0.717, 1.165) is 12.0 Å². The van der Waals surface area contributed by atoms with Crippen molar-refractivity contribution in [2.45, 2.75) is 19.4 Å². The van der Waals surface area contributed by atoms with Crippen LogP contribution in [0.3, 0.4) is 0 Å². The predicted octanol–water partition coefficient (Wildman–Crippen LogP) is 1.73. The summed E-state index contributed by atoms with van der Waals surface area (Å²) in [6, 6.07) is 2.77. The van der Waals surface area contributed by atoms with Crippen molar-refractivity contribution in [3.8, 4) is 5.75 Å². The van der Waals surface area contributed by atoms with Gasteiger partial charge in [-0.05, 0) is 13.0 Å². The lowest BCUT2D eigenvalue weighted by Crippen LogP contribution is -2.05. The van der Waals surface area contributed by atoms with Crippen LogP contribution in [0.5, 0.6) is 5.75 Å². The van der Waals surface area contributed by atoms with E-state index in [0.29, 0.717) is 11.4 Å². The van der Waals surface area contributed by atoms with Crippen LogP contribution in [0.1, 0.15) is 12.5 Å². The molecule has 2 rings (SSSR count). The van der Waals surface area contributed by atoms with E-state index < -0.39 is 0 Å². The Morgan fingerprint density at radius 3 is 3.08 bits per heavy atom. The fourth-order valence-corrected chi connectivity index (χ4v) is 1.52. The lowest BCUT2D eigenvalue weighted by Gasteiger charge is -2.04. The van der Waals surface area contributed by atoms with Crippen molar-refractivity contribution < 1.29 is 9.13 Å². The number of hydrogen-bond donors (Lipinski definition) is 1. The number of benzene rings is 1. The number of nitrogen functional groups attached to an aromatic ring is 1. The zero-order valence-electron chi connectivity index (χ0n) is 6.80. The SMILES string of the molecule is C[C@@H]1Cc2cc(F)cc(N)c2O1. The minimum Gasteiger partial charge on any atom is -0.488 e. The van der Waals surface area contributed by atoms with Gasteiger partial charge in [-0.1, -0.05) is 0 Å². The van der Waals surface area contributed by atoms with E-state index in [2.05, 4.69) is 0 Å². The standard InChI is InChI=1S/C9H10FNO/c1-5-2-6-3-7(10)4-8(11)9(6)12-5/h3-5H,2,11H2,1H3/t5-/m1/s1. The Hall–Kier alpha value is -1.25. The molecule has 1 aromatic carbocycles. The summed E-state index contributed by atoms with van der Waals surface area (Å²) in [5.74, 6) is 0.368. The van der Waals surface area contributed by atoms with Gasteiger partial charge in [-0.15, -0.1) is 0 Å². The summed E-state index contributed by atoms with van der Waals surface area (Å²) < 4.78 is 18.2. The van der Waals surface area contributed by atoms with Crippen LogP contribution in [0.25, 0.3) is 0 Å². The molecule has 1 aromatic rings. The van der Waals surface area contributed by atoms with Gasteiger partial charge in [-0.2, -0.15) is 0 Å². The van der Waals surface area contributed by atoms with Crippen molar-refractivity contribution in [2.24, 2.45) is 0 Å². The molecule has 1 atom stereocenters. The molecule has 1 heterocycles. The monoisotopic (exact) mass is 167 g/mol. The number of nitrogens with two attached hydrogens (primary N) is 1. The van der Waals surface area contributed by atoms with Crippen LogP contribution < -0.4 is 10.5 Å². The summed E-state index contributed by atoms with van der Waals surface area (Å²) >= 11 is 0. The summed E-state index contributed by atoms with van der Waals surface area (Å²) in [4.78, 5) is 0. The Balaban J connectivity index is 2.52. The van der Waals surface area contributed by atoms with Crippen molar-refractivity contribution in [3.05, 3.63) is 23.5 Å². The third-order valence-electron chi connectivity index (χ3n) is 1.99. The van der Waals surface area contributed by atoms with Gasteiger partial charge in [-0.3, -0.25) is 0 Å². The van der Waals surface area contributed by atoms with Crippen LogP contribution in [-0.2, 0) is 6.42 Å².